The fraction of sp³-hybridized carbons (Fsp3) is 0.357. The summed E-state index contributed by atoms with van der Waals surface area (Å²) in [5.74, 6) is 0.449. The molecule has 1 aromatic carbocycles. The van der Waals surface area contributed by atoms with Crippen LogP contribution in [-0.2, 0) is 4.79 Å². The van der Waals surface area contributed by atoms with Crippen LogP contribution in [0, 0.1) is 5.41 Å². The summed E-state index contributed by atoms with van der Waals surface area (Å²) in [6.45, 7) is 4.22. The van der Waals surface area contributed by atoms with Gasteiger partial charge in [-0.2, -0.15) is 0 Å². The molecule has 0 heterocycles. The van der Waals surface area contributed by atoms with Gasteiger partial charge in [-0.3, -0.25) is 4.79 Å². The predicted octanol–water partition coefficient (Wildman–Crippen LogP) is 3.16. The van der Waals surface area contributed by atoms with Crippen molar-refractivity contribution in [3.63, 3.8) is 0 Å². The second-order valence-electron chi connectivity index (χ2n) is 5.20. The van der Waals surface area contributed by atoms with Gasteiger partial charge in [0, 0.05) is 6.42 Å². The van der Waals surface area contributed by atoms with E-state index in [1.54, 1.807) is 18.2 Å². The Kier molecular flexibility index (Phi) is 2.58. The summed E-state index contributed by atoms with van der Waals surface area (Å²) in [6, 6.07) is 7.02. The third kappa shape index (κ3) is 2.32. The number of benzene rings is 1. The molecule has 0 spiro atoms. The maximum absolute atomic E-state index is 11.6. The van der Waals surface area contributed by atoms with Crippen LogP contribution in [0.4, 0.5) is 0 Å². The minimum absolute atomic E-state index is 0.0407. The molecule has 1 aliphatic carbocycles. The van der Waals surface area contributed by atoms with E-state index in [2.05, 4.69) is 13.8 Å². The van der Waals surface area contributed by atoms with Gasteiger partial charge < -0.3 is 5.11 Å². The van der Waals surface area contributed by atoms with Gasteiger partial charge in [-0.1, -0.05) is 26.0 Å². The first-order chi connectivity index (χ1) is 7.46. The molecule has 0 aliphatic heterocycles. The third-order valence-corrected chi connectivity index (χ3v) is 2.90. The minimum Gasteiger partial charge on any atom is -0.508 e. The number of ketones is 1. The van der Waals surface area contributed by atoms with E-state index in [4.69, 9.17) is 0 Å². The zero-order valence-corrected chi connectivity index (χ0v) is 9.66. The first-order valence-electron chi connectivity index (χ1n) is 5.49. The summed E-state index contributed by atoms with van der Waals surface area (Å²) in [5, 5.41) is 9.22. The zero-order chi connectivity index (χ0) is 11.8. The van der Waals surface area contributed by atoms with Crippen LogP contribution >= 0.6 is 0 Å². The molecule has 1 aliphatic rings. The van der Waals surface area contributed by atoms with Crippen LogP contribution in [0.1, 0.15) is 32.3 Å². The van der Waals surface area contributed by atoms with E-state index in [0.717, 1.165) is 17.6 Å². The van der Waals surface area contributed by atoms with Crippen LogP contribution in [0.25, 0.3) is 5.57 Å². The van der Waals surface area contributed by atoms with Gasteiger partial charge >= 0.3 is 0 Å². The van der Waals surface area contributed by atoms with Gasteiger partial charge in [0.2, 0.25) is 0 Å². The monoisotopic (exact) mass is 216 g/mol. The normalized spacial score (nSPS) is 19.4. The van der Waals surface area contributed by atoms with Crippen LogP contribution in [0.5, 0.6) is 5.75 Å². The molecule has 0 saturated carbocycles. The fourth-order valence-corrected chi connectivity index (χ4v) is 2.21. The van der Waals surface area contributed by atoms with Gasteiger partial charge in [0.1, 0.15) is 5.75 Å². The Labute approximate surface area is 95.6 Å². The summed E-state index contributed by atoms with van der Waals surface area (Å²) in [6.07, 6.45) is 3.26. The van der Waals surface area contributed by atoms with Gasteiger partial charge in [0.25, 0.3) is 0 Å². The minimum atomic E-state index is 0.0407. The number of rotatable bonds is 1. The van der Waals surface area contributed by atoms with E-state index in [1.165, 1.54) is 0 Å². The highest BCUT2D eigenvalue weighted by atomic mass is 16.3. The first-order valence-corrected chi connectivity index (χ1v) is 5.49. The molecule has 0 amide bonds. The van der Waals surface area contributed by atoms with Crippen LogP contribution in [-0.4, -0.2) is 10.9 Å². The number of carbonyl (C=O) groups is 1. The molecule has 84 valence electrons. The zero-order valence-electron chi connectivity index (χ0n) is 9.66. The lowest BCUT2D eigenvalue weighted by Gasteiger charge is -2.28. The molecule has 2 nitrogen and oxygen atoms in total. The maximum Gasteiger partial charge on any atom is 0.156 e. The fourth-order valence-electron chi connectivity index (χ4n) is 2.21. The molecule has 1 N–H and O–H groups in total. The smallest absolute Gasteiger partial charge is 0.156 e. The highest BCUT2D eigenvalue weighted by Gasteiger charge is 2.27. The van der Waals surface area contributed by atoms with Crippen molar-refractivity contribution in [2.24, 2.45) is 5.41 Å². The Morgan fingerprint density at radius 2 is 1.75 bits per heavy atom. The number of phenols is 1. The molecular weight excluding hydrogens is 200 g/mol. The van der Waals surface area contributed by atoms with Crippen molar-refractivity contribution in [2.45, 2.75) is 26.7 Å². The predicted molar refractivity (Wildman–Crippen MR) is 64.1 cm³/mol. The van der Waals surface area contributed by atoms with Gasteiger partial charge in [-0.05, 0) is 41.2 Å². The molecule has 0 radical (unpaired) electrons. The Hall–Kier alpha value is -1.57. The standard InChI is InChI=1S/C14H16O2/c1-14(2)8-11(7-13(16)9-14)10-3-5-12(15)6-4-10/h3-7,15H,8-9H2,1-2H3. The summed E-state index contributed by atoms with van der Waals surface area (Å²) in [5.41, 5.74) is 2.14. The Morgan fingerprint density at radius 3 is 2.31 bits per heavy atom. The van der Waals surface area contributed by atoms with Crippen molar-refractivity contribution in [3.8, 4) is 5.75 Å². The summed E-state index contributed by atoms with van der Waals surface area (Å²) >= 11 is 0. The van der Waals surface area contributed by atoms with Crippen LogP contribution in [0.2, 0.25) is 0 Å². The lowest BCUT2D eigenvalue weighted by molar-refractivity contribution is -0.116. The maximum atomic E-state index is 11.6. The van der Waals surface area contributed by atoms with E-state index in [0.29, 0.717) is 6.42 Å². The molecule has 1 aromatic rings. The number of hydrogen-bond acceptors (Lipinski definition) is 2. The molecule has 0 unspecified atom stereocenters. The third-order valence-electron chi connectivity index (χ3n) is 2.90. The Morgan fingerprint density at radius 1 is 1.12 bits per heavy atom. The van der Waals surface area contributed by atoms with Crippen LogP contribution < -0.4 is 0 Å². The Balaban J connectivity index is 2.34. The number of carbonyl (C=O) groups excluding carboxylic acids is 1. The number of allylic oxidation sites excluding steroid dienone is 2. The first kappa shape index (κ1) is 10.9. The molecule has 2 heteroatoms. The van der Waals surface area contributed by atoms with Crippen molar-refractivity contribution in [1.29, 1.82) is 0 Å². The van der Waals surface area contributed by atoms with Crippen LogP contribution in [0.15, 0.2) is 30.3 Å². The molecule has 0 fully saturated rings. The second-order valence-corrected chi connectivity index (χ2v) is 5.20. The van der Waals surface area contributed by atoms with E-state index >= 15 is 0 Å². The lowest BCUT2D eigenvalue weighted by atomic mass is 9.75. The largest absolute Gasteiger partial charge is 0.508 e. The number of hydrogen-bond donors (Lipinski definition) is 1. The molecule has 16 heavy (non-hydrogen) atoms. The topological polar surface area (TPSA) is 37.3 Å². The van der Waals surface area contributed by atoms with Crippen LogP contribution in [0.3, 0.4) is 0 Å². The van der Waals surface area contributed by atoms with Gasteiger partial charge in [0.05, 0.1) is 0 Å². The highest BCUT2D eigenvalue weighted by Crippen LogP contribution is 2.38. The van der Waals surface area contributed by atoms with Crippen molar-refractivity contribution in [2.75, 3.05) is 0 Å². The number of aromatic hydroxyl groups is 1. The lowest BCUT2D eigenvalue weighted by Crippen LogP contribution is -2.21. The molecule has 0 bridgehead atoms. The van der Waals surface area contributed by atoms with E-state index in [1.807, 2.05) is 12.1 Å². The van der Waals surface area contributed by atoms with Crippen molar-refractivity contribution in [1.82, 2.24) is 0 Å². The number of phenolic OH excluding ortho intramolecular Hbond substituents is 1. The van der Waals surface area contributed by atoms with Crippen molar-refractivity contribution >= 4 is 11.4 Å². The van der Waals surface area contributed by atoms with Gasteiger partial charge in [0.15, 0.2) is 5.78 Å². The van der Waals surface area contributed by atoms with E-state index in [-0.39, 0.29) is 16.9 Å². The molecule has 0 atom stereocenters. The highest BCUT2D eigenvalue weighted by molar-refractivity contribution is 5.99. The molecule has 0 aromatic heterocycles. The molecule has 2 rings (SSSR count). The molecule has 0 saturated heterocycles. The van der Waals surface area contributed by atoms with Gasteiger partial charge in [-0.15, -0.1) is 0 Å². The Bertz CT molecular complexity index is 438. The summed E-state index contributed by atoms with van der Waals surface area (Å²) in [7, 11) is 0. The van der Waals surface area contributed by atoms with Crippen molar-refractivity contribution in [3.05, 3.63) is 35.9 Å². The van der Waals surface area contributed by atoms with Gasteiger partial charge in [-0.25, -0.2) is 0 Å². The average Bonchev–Trinajstić information content (AvgIpc) is 2.15. The quantitative estimate of drug-likeness (QED) is 0.782. The van der Waals surface area contributed by atoms with E-state index < -0.39 is 0 Å². The molecular formula is C14H16O2. The average molecular weight is 216 g/mol. The van der Waals surface area contributed by atoms with E-state index in [9.17, 15) is 9.90 Å². The second kappa shape index (κ2) is 3.78. The summed E-state index contributed by atoms with van der Waals surface area (Å²) < 4.78 is 0. The summed E-state index contributed by atoms with van der Waals surface area (Å²) in [4.78, 5) is 11.6. The van der Waals surface area contributed by atoms with Crippen molar-refractivity contribution < 1.29 is 9.90 Å². The SMILES string of the molecule is CC1(C)CC(=O)C=C(c2ccc(O)cc2)C1.